The molecule has 0 aromatic heterocycles. The molecule has 0 unspecified atom stereocenters. The van der Waals surface area contributed by atoms with Crippen molar-refractivity contribution in [3.8, 4) is 0 Å². The van der Waals surface area contributed by atoms with Crippen molar-refractivity contribution in [2.45, 2.75) is 13.3 Å². The van der Waals surface area contributed by atoms with Crippen molar-refractivity contribution in [1.82, 2.24) is 10.1 Å². The SMILES string of the molecule is CON(C)CC/C(C)=N\N(C)C. The van der Waals surface area contributed by atoms with Crippen LogP contribution in [0.2, 0.25) is 0 Å². The van der Waals surface area contributed by atoms with Crippen LogP contribution in [0.25, 0.3) is 0 Å². The van der Waals surface area contributed by atoms with Gasteiger partial charge in [-0.1, -0.05) is 0 Å². The molecule has 4 heteroatoms. The van der Waals surface area contributed by atoms with Crippen molar-refractivity contribution >= 4 is 5.71 Å². The molecule has 0 heterocycles. The van der Waals surface area contributed by atoms with E-state index in [2.05, 4.69) is 5.10 Å². The molecule has 0 bridgehead atoms. The minimum Gasteiger partial charge on any atom is -0.303 e. The molecule has 12 heavy (non-hydrogen) atoms. The summed E-state index contributed by atoms with van der Waals surface area (Å²) in [4.78, 5) is 4.97. The third-order valence-electron chi connectivity index (χ3n) is 1.47. The van der Waals surface area contributed by atoms with Gasteiger partial charge in [0, 0.05) is 39.8 Å². The Kier molecular flexibility index (Phi) is 5.66. The fourth-order valence-corrected chi connectivity index (χ4v) is 0.802. The van der Waals surface area contributed by atoms with Crippen LogP contribution in [0.5, 0.6) is 0 Å². The van der Waals surface area contributed by atoms with Crippen molar-refractivity contribution in [2.75, 3.05) is 34.8 Å². The lowest BCUT2D eigenvalue weighted by Gasteiger charge is -2.13. The lowest BCUT2D eigenvalue weighted by molar-refractivity contribution is -0.106. The number of hydrogen-bond acceptors (Lipinski definition) is 4. The molecule has 0 amide bonds. The molecular formula is C8H19N3O. The second-order valence-electron chi connectivity index (χ2n) is 2.97. The van der Waals surface area contributed by atoms with E-state index in [4.69, 9.17) is 4.84 Å². The molecular weight excluding hydrogens is 154 g/mol. The highest BCUT2D eigenvalue weighted by atomic mass is 16.7. The Bertz CT molecular complexity index is 145. The summed E-state index contributed by atoms with van der Waals surface area (Å²) in [5, 5.41) is 7.85. The van der Waals surface area contributed by atoms with Crippen molar-refractivity contribution in [2.24, 2.45) is 5.10 Å². The van der Waals surface area contributed by atoms with Gasteiger partial charge in [0.1, 0.15) is 0 Å². The van der Waals surface area contributed by atoms with Gasteiger partial charge in [0.2, 0.25) is 0 Å². The highest BCUT2D eigenvalue weighted by Crippen LogP contribution is 1.91. The van der Waals surface area contributed by atoms with Crippen LogP contribution in [-0.4, -0.2) is 50.6 Å². The first-order valence-electron chi connectivity index (χ1n) is 4.03. The van der Waals surface area contributed by atoms with Crippen LogP contribution in [0.1, 0.15) is 13.3 Å². The molecule has 0 rings (SSSR count). The van der Waals surface area contributed by atoms with Crippen LogP contribution in [0.15, 0.2) is 5.10 Å². The molecule has 0 aliphatic carbocycles. The highest BCUT2D eigenvalue weighted by Gasteiger charge is 1.97. The van der Waals surface area contributed by atoms with E-state index in [-0.39, 0.29) is 0 Å². The summed E-state index contributed by atoms with van der Waals surface area (Å²) in [6.45, 7) is 2.89. The topological polar surface area (TPSA) is 28.1 Å². The number of hydrogen-bond donors (Lipinski definition) is 0. The summed E-state index contributed by atoms with van der Waals surface area (Å²) in [5.41, 5.74) is 1.11. The lowest BCUT2D eigenvalue weighted by atomic mass is 10.3. The van der Waals surface area contributed by atoms with Crippen LogP contribution in [0.4, 0.5) is 0 Å². The Balaban J connectivity index is 3.63. The van der Waals surface area contributed by atoms with Gasteiger partial charge in [-0.25, -0.2) is 0 Å². The first-order chi connectivity index (χ1) is 5.56. The van der Waals surface area contributed by atoms with Gasteiger partial charge in [-0.05, 0) is 6.92 Å². The molecule has 0 saturated heterocycles. The van der Waals surface area contributed by atoms with Crippen LogP contribution in [0.3, 0.4) is 0 Å². The van der Waals surface area contributed by atoms with Gasteiger partial charge in [0.25, 0.3) is 0 Å². The van der Waals surface area contributed by atoms with E-state index < -0.39 is 0 Å². The highest BCUT2D eigenvalue weighted by molar-refractivity contribution is 5.81. The summed E-state index contributed by atoms with van der Waals surface area (Å²) >= 11 is 0. The predicted octanol–water partition coefficient (Wildman–Crippen LogP) is 0.807. The van der Waals surface area contributed by atoms with Crippen molar-refractivity contribution < 1.29 is 4.84 Å². The zero-order valence-electron chi connectivity index (χ0n) is 8.66. The molecule has 0 atom stereocenters. The molecule has 4 nitrogen and oxygen atoms in total. The van der Waals surface area contributed by atoms with E-state index in [9.17, 15) is 0 Å². The van der Waals surface area contributed by atoms with Gasteiger partial charge < -0.3 is 9.85 Å². The van der Waals surface area contributed by atoms with Gasteiger partial charge in [-0.2, -0.15) is 10.2 Å². The Hall–Kier alpha value is -0.610. The number of nitrogens with zero attached hydrogens (tertiary/aromatic N) is 3. The van der Waals surface area contributed by atoms with E-state index >= 15 is 0 Å². The van der Waals surface area contributed by atoms with E-state index in [1.54, 1.807) is 12.2 Å². The molecule has 0 fully saturated rings. The summed E-state index contributed by atoms with van der Waals surface area (Å²) < 4.78 is 0. The van der Waals surface area contributed by atoms with E-state index in [1.165, 1.54) is 0 Å². The van der Waals surface area contributed by atoms with Gasteiger partial charge in [0.05, 0.1) is 7.11 Å². The van der Waals surface area contributed by atoms with Gasteiger partial charge in [-0.15, -0.1) is 0 Å². The van der Waals surface area contributed by atoms with E-state index in [0.717, 1.165) is 18.7 Å². The Morgan fingerprint density at radius 2 is 1.92 bits per heavy atom. The van der Waals surface area contributed by atoms with Crippen LogP contribution >= 0.6 is 0 Å². The zero-order chi connectivity index (χ0) is 9.56. The molecule has 0 N–H and O–H groups in total. The largest absolute Gasteiger partial charge is 0.303 e. The monoisotopic (exact) mass is 173 g/mol. The Morgan fingerprint density at radius 1 is 1.33 bits per heavy atom. The number of hydrazone groups is 1. The van der Waals surface area contributed by atoms with Crippen LogP contribution in [-0.2, 0) is 4.84 Å². The minimum atomic E-state index is 0.875. The van der Waals surface area contributed by atoms with Gasteiger partial charge in [-0.3, -0.25) is 0 Å². The molecule has 0 radical (unpaired) electrons. The maximum atomic E-state index is 4.97. The second kappa shape index (κ2) is 5.97. The fourth-order valence-electron chi connectivity index (χ4n) is 0.802. The smallest absolute Gasteiger partial charge is 0.0575 e. The van der Waals surface area contributed by atoms with Gasteiger partial charge in [0.15, 0.2) is 0 Å². The van der Waals surface area contributed by atoms with E-state index in [0.29, 0.717) is 0 Å². The summed E-state index contributed by atoms with van der Waals surface area (Å²) in [7, 11) is 7.41. The minimum absolute atomic E-state index is 0.875. The molecule has 0 aliphatic heterocycles. The van der Waals surface area contributed by atoms with Crippen molar-refractivity contribution in [3.63, 3.8) is 0 Å². The standard InChI is InChI=1S/C8H19N3O/c1-8(9-10(2)3)6-7-11(4)12-5/h6-7H2,1-5H3/b9-8-. The quantitative estimate of drug-likeness (QED) is 0.455. The molecule has 0 aliphatic rings. The summed E-state index contributed by atoms with van der Waals surface area (Å²) in [6.07, 6.45) is 0.933. The first kappa shape index (κ1) is 11.4. The molecule has 0 saturated carbocycles. The van der Waals surface area contributed by atoms with Crippen LogP contribution in [0, 0.1) is 0 Å². The lowest BCUT2D eigenvalue weighted by Crippen LogP contribution is -2.20. The average molecular weight is 173 g/mol. The van der Waals surface area contributed by atoms with Gasteiger partial charge >= 0.3 is 0 Å². The predicted molar refractivity (Wildman–Crippen MR) is 51.1 cm³/mol. The Morgan fingerprint density at radius 3 is 2.33 bits per heavy atom. The maximum Gasteiger partial charge on any atom is 0.0575 e. The average Bonchev–Trinajstić information content (AvgIpc) is 1.99. The maximum absolute atomic E-state index is 4.97. The van der Waals surface area contributed by atoms with E-state index in [1.807, 2.05) is 33.1 Å². The first-order valence-corrected chi connectivity index (χ1v) is 4.03. The second-order valence-corrected chi connectivity index (χ2v) is 2.97. The third-order valence-corrected chi connectivity index (χ3v) is 1.47. The molecule has 0 aromatic carbocycles. The molecule has 0 aromatic rings. The summed E-state index contributed by atoms with van der Waals surface area (Å²) in [5.74, 6) is 0. The Labute approximate surface area is 74.7 Å². The summed E-state index contributed by atoms with van der Waals surface area (Å²) in [6, 6.07) is 0. The normalized spacial score (nSPS) is 12.3. The molecule has 72 valence electrons. The number of rotatable bonds is 5. The van der Waals surface area contributed by atoms with Crippen molar-refractivity contribution in [1.29, 1.82) is 0 Å². The van der Waals surface area contributed by atoms with Crippen LogP contribution < -0.4 is 0 Å². The third kappa shape index (κ3) is 6.12. The number of hydroxylamine groups is 2. The fraction of sp³-hybridized carbons (Fsp3) is 0.875. The van der Waals surface area contributed by atoms with Crippen molar-refractivity contribution in [3.05, 3.63) is 0 Å². The zero-order valence-corrected chi connectivity index (χ0v) is 8.66. The molecule has 0 spiro atoms.